The minimum Gasteiger partial charge on any atom is -0.349 e. The summed E-state index contributed by atoms with van der Waals surface area (Å²) in [6.07, 6.45) is 1.79. The van der Waals surface area contributed by atoms with Crippen molar-refractivity contribution in [3.63, 3.8) is 0 Å². The number of amides is 1. The highest BCUT2D eigenvalue weighted by Crippen LogP contribution is 2.25. The highest BCUT2D eigenvalue weighted by Gasteiger charge is 2.27. The summed E-state index contributed by atoms with van der Waals surface area (Å²) in [5.41, 5.74) is 8.40. The van der Waals surface area contributed by atoms with Gasteiger partial charge in [0, 0.05) is 38.3 Å². The molecule has 3 aromatic rings. The maximum Gasteiger partial charge on any atom is 0.224 e. The Balaban J connectivity index is 0.00000272. The van der Waals surface area contributed by atoms with Crippen LogP contribution in [0.4, 0.5) is 13.2 Å². The van der Waals surface area contributed by atoms with Crippen molar-refractivity contribution in [3.8, 4) is 11.4 Å². The minimum absolute atomic E-state index is 0. The van der Waals surface area contributed by atoms with Crippen molar-refractivity contribution in [1.82, 2.24) is 24.5 Å². The number of aromatic nitrogens is 4. The molecule has 1 amide bonds. The molecule has 31 heavy (non-hydrogen) atoms. The first-order valence-corrected chi connectivity index (χ1v) is 9.54. The Kier molecular flexibility index (Phi) is 6.71. The van der Waals surface area contributed by atoms with Gasteiger partial charge in [0.15, 0.2) is 11.6 Å². The van der Waals surface area contributed by atoms with Gasteiger partial charge in [-0.3, -0.25) is 4.79 Å². The van der Waals surface area contributed by atoms with Gasteiger partial charge in [-0.1, -0.05) is 5.21 Å². The number of nitrogens with two attached hydrogens (primary N) is 1. The Hall–Kier alpha value is -2.85. The van der Waals surface area contributed by atoms with Crippen molar-refractivity contribution in [2.75, 3.05) is 6.54 Å². The van der Waals surface area contributed by atoms with Gasteiger partial charge in [-0.05, 0) is 30.2 Å². The smallest absolute Gasteiger partial charge is 0.224 e. The predicted octanol–water partition coefficient (Wildman–Crippen LogP) is 2.43. The number of halogens is 4. The summed E-state index contributed by atoms with van der Waals surface area (Å²) < 4.78 is 44.0. The summed E-state index contributed by atoms with van der Waals surface area (Å²) in [6, 6.07) is 4.38. The first kappa shape index (κ1) is 22.8. The van der Waals surface area contributed by atoms with E-state index in [-0.39, 0.29) is 36.7 Å². The van der Waals surface area contributed by atoms with E-state index in [9.17, 15) is 18.0 Å². The fraction of sp³-hybridized carbons (Fsp3) is 0.350. The molecule has 0 unspecified atom stereocenters. The average Bonchev–Trinajstić information content (AvgIpc) is 3.31. The molecule has 2 aromatic heterocycles. The molecule has 0 bridgehead atoms. The van der Waals surface area contributed by atoms with E-state index in [0.29, 0.717) is 31.4 Å². The first-order chi connectivity index (χ1) is 14.3. The number of benzene rings is 1. The average molecular weight is 455 g/mol. The Morgan fingerprint density at radius 1 is 1.19 bits per heavy atom. The molecule has 0 fully saturated rings. The monoisotopic (exact) mass is 454 g/mol. The molecule has 1 aliphatic rings. The lowest BCUT2D eigenvalue weighted by Crippen LogP contribution is -2.41. The van der Waals surface area contributed by atoms with Gasteiger partial charge in [0.2, 0.25) is 5.91 Å². The lowest BCUT2D eigenvalue weighted by molar-refractivity contribution is -0.133. The van der Waals surface area contributed by atoms with E-state index in [1.165, 1.54) is 0 Å². The summed E-state index contributed by atoms with van der Waals surface area (Å²) in [6.45, 7) is 1.29. The number of rotatable bonds is 5. The van der Waals surface area contributed by atoms with Crippen LogP contribution in [0.5, 0.6) is 0 Å². The van der Waals surface area contributed by atoms with Crippen LogP contribution in [0.1, 0.15) is 17.7 Å². The molecular weight excluding hydrogens is 433 g/mol. The third-order valence-electron chi connectivity index (χ3n) is 5.31. The van der Waals surface area contributed by atoms with Crippen LogP contribution in [-0.2, 0) is 31.4 Å². The van der Waals surface area contributed by atoms with E-state index in [1.807, 2.05) is 29.9 Å². The molecular formula is C20H22ClF3N6O. The Morgan fingerprint density at radius 3 is 2.65 bits per heavy atom. The van der Waals surface area contributed by atoms with Gasteiger partial charge >= 0.3 is 0 Å². The summed E-state index contributed by atoms with van der Waals surface area (Å²) in [7, 11) is 1.91. The Labute approximate surface area is 183 Å². The Bertz CT molecular complexity index is 1100. The second-order valence-electron chi connectivity index (χ2n) is 7.45. The van der Waals surface area contributed by atoms with E-state index in [4.69, 9.17) is 5.73 Å². The van der Waals surface area contributed by atoms with Crippen LogP contribution in [0.3, 0.4) is 0 Å². The quantitative estimate of drug-likeness (QED) is 0.600. The standard InChI is InChI=1S/C20H21F3N6O.ClH/c1-27-4-2-3-17(27)20-18-11-28(5-6-29(18)26-25-20)19(30)9-13(24)7-12-8-15(22)16(23)10-14(12)21;/h2-4,8,10,13H,5-7,9,11,24H2,1H3;1H/t13-;/m1./s1. The molecule has 2 N–H and O–H groups in total. The molecule has 1 aromatic carbocycles. The van der Waals surface area contributed by atoms with E-state index in [1.54, 1.807) is 9.58 Å². The molecule has 4 rings (SSSR count). The van der Waals surface area contributed by atoms with E-state index in [2.05, 4.69) is 10.3 Å². The fourth-order valence-corrected chi connectivity index (χ4v) is 3.69. The molecule has 0 radical (unpaired) electrons. The molecule has 7 nitrogen and oxygen atoms in total. The lowest BCUT2D eigenvalue weighted by atomic mass is 10.0. The molecule has 1 atom stereocenters. The molecule has 166 valence electrons. The fourth-order valence-electron chi connectivity index (χ4n) is 3.69. The molecule has 0 aliphatic carbocycles. The Morgan fingerprint density at radius 2 is 1.94 bits per heavy atom. The SMILES string of the molecule is Cl.Cn1cccc1-c1nnn2c1CN(C(=O)C[C@H](N)Cc1cc(F)c(F)cc1F)CC2. The first-order valence-electron chi connectivity index (χ1n) is 9.54. The number of carbonyl (C=O) groups excluding carboxylic acids is 1. The molecule has 1 aliphatic heterocycles. The summed E-state index contributed by atoms with van der Waals surface area (Å²) >= 11 is 0. The van der Waals surface area contributed by atoms with E-state index >= 15 is 0 Å². The van der Waals surface area contributed by atoms with Crippen LogP contribution in [0.15, 0.2) is 30.5 Å². The van der Waals surface area contributed by atoms with Crippen molar-refractivity contribution >= 4 is 18.3 Å². The zero-order valence-corrected chi connectivity index (χ0v) is 17.6. The second kappa shape index (κ2) is 9.11. The van der Waals surface area contributed by atoms with E-state index in [0.717, 1.165) is 17.5 Å². The van der Waals surface area contributed by atoms with Gasteiger partial charge < -0.3 is 15.2 Å². The van der Waals surface area contributed by atoms with Crippen LogP contribution < -0.4 is 5.73 Å². The van der Waals surface area contributed by atoms with Gasteiger partial charge in [0.25, 0.3) is 0 Å². The van der Waals surface area contributed by atoms with Gasteiger partial charge in [-0.2, -0.15) is 0 Å². The number of aryl methyl sites for hydroxylation is 1. The van der Waals surface area contributed by atoms with Crippen molar-refractivity contribution in [1.29, 1.82) is 0 Å². The normalized spacial score (nSPS) is 14.2. The molecule has 0 spiro atoms. The summed E-state index contributed by atoms with van der Waals surface area (Å²) in [5, 5.41) is 8.43. The third-order valence-corrected chi connectivity index (χ3v) is 5.31. The van der Waals surface area contributed by atoms with Crippen molar-refractivity contribution < 1.29 is 18.0 Å². The molecule has 0 saturated heterocycles. The van der Waals surface area contributed by atoms with Crippen molar-refractivity contribution in [3.05, 3.63) is 59.2 Å². The summed E-state index contributed by atoms with van der Waals surface area (Å²) in [4.78, 5) is 14.4. The van der Waals surface area contributed by atoms with Crippen LogP contribution in [0.2, 0.25) is 0 Å². The molecule has 3 heterocycles. The van der Waals surface area contributed by atoms with Crippen molar-refractivity contribution in [2.24, 2.45) is 12.8 Å². The number of nitrogens with zero attached hydrogens (tertiary/aromatic N) is 5. The van der Waals surface area contributed by atoms with Crippen LogP contribution in [0, 0.1) is 17.5 Å². The topological polar surface area (TPSA) is 82.0 Å². The molecule has 11 heteroatoms. The highest BCUT2D eigenvalue weighted by molar-refractivity contribution is 5.85. The van der Waals surface area contributed by atoms with Gasteiger partial charge in [-0.15, -0.1) is 17.5 Å². The predicted molar refractivity (Wildman–Crippen MR) is 110 cm³/mol. The molecule has 0 saturated carbocycles. The van der Waals surface area contributed by atoms with Gasteiger partial charge in [0.1, 0.15) is 11.5 Å². The maximum atomic E-state index is 13.8. The van der Waals surface area contributed by atoms with Crippen LogP contribution >= 0.6 is 12.4 Å². The zero-order valence-electron chi connectivity index (χ0n) is 16.8. The largest absolute Gasteiger partial charge is 0.349 e. The summed E-state index contributed by atoms with van der Waals surface area (Å²) in [5.74, 6) is -3.48. The number of hydrogen-bond acceptors (Lipinski definition) is 4. The van der Waals surface area contributed by atoms with E-state index < -0.39 is 23.5 Å². The third kappa shape index (κ3) is 4.59. The minimum atomic E-state index is -1.26. The number of hydrogen-bond donors (Lipinski definition) is 1. The second-order valence-corrected chi connectivity index (χ2v) is 7.45. The van der Waals surface area contributed by atoms with Gasteiger partial charge in [0.05, 0.1) is 24.5 Å². The highest BCUT2D eigenvalue weighted by atomic mass is 35.5. The van der Waals surface area contributed by atoms with Crippen molar-refractivity contribution in [2.45, 2.75) is 32.0 Å². The lowest BCUT2D eigenvalue weighted by Gasteiger charge is -2.28. The number of fused-ring (bicyclic) bond motifs is 1. The number of carbonyl (C=O) groups is 1. The van der Waals surface area contributed by atoms with Crippen LogP contribution in [-0.4, -0.2) is 43.0 Å². The maximum absolute atomic E-state index is 13.8. The zero-order chi connectivity index (χ0) is 21.4. The van der Waals surface area contributed by atoms with Crippen LogP contribution in [0.25, 0.3) is 11.4 Å². The van der Waals surface area contributed by atoms with Gasteiger partial charge in [-0.25, -0.2) is 17.9 Å².